The first kappa shape index (κ1) is 14.1. The predicted octanol–water partition coefficient (Wildman–Crippen LogP) is 3.06. The van der Waals surface area contributed by atoms with Crippen molar-refractivity contribution >= 4 is 17.0 Å². The van der Waals surface area contributed by atoms with E-state index in [0.717, 1.165) is 5.56 Å². The molecule has 1 heterocycles. The number of aliphatic hydroxyl groups is 1. The molecule has 2 rings (SSSR count). The molecule has 0 amide bonds. The Balaban J connectivity index is 2.03. The number of aliphatic hydroxyl groups excluding tert-OH is 1. The van der Waals surface area contributed by atoms with E-state index in [1.165, 1.54) is 4.88 Å². The van der Waals surface area contributed by atoms with Crippen LogP contribution in [0.25, 0.3) is 0 Å². The largest absolute Gasteiger partial charge is 0.398 e. The Morgan fingerprint density at radius 3 is 2.63 bits per heavy atom. The Morgan fingerprint density at radius 1 is 1.26 bits per heavy atom. The minimum Gasteiger partial charge on any atom is -0.398 e. The number of nitrogens with two attached hydrogens (primary N) is 1. The van der Waals surface area contributed by atoms with Crippen molar-refractivity contribution in [3.05, 3.63) is 52.2 Å². The molecular weight excluding hydrogens is 256 g/mol. The SMILES string of the molecule is CC(c1cccs1)N(C)CC(O)c1ccccc1N. The lowest BCUT2D eigenvalue weighted by Gasteiger charge is -2.26. The molecule has 19 heavy (non-hydrogen) atoms. The number of thiophene rings is 1. The van der Waals surface area contributed by atoms with E-state index in [-0.39, 0.29) is 0 Å². The third-order valence-electron chi connectivity index (χ3n) is 3.43. The summed E-state index contributed by atoms with van der Waals surface area (Å²) in [6.45, 7) is 2.71. The van der Waals surface area contributed by atoms with Crippen LogP contribution in [-0.2, 0) is 0 Å². The monoisotopic (exact) mass is 276 g/mol. The number of nitrogen functional groups attached to an aromatic ring is 1. The minimum absolute atomic E-state index is 0.291. The Labute approximate surface area is 118 Å². The van der Waals surface area contributed by atoms with Gasteiger partial charge in [-0.05, 0) is 31.5 Å². The second-order valence-corrected chi connectivity index (χ2v) is 5.75. The van der Waals surface area contributed by atoms with Gasteiger partial charge in [0.1, 0.15) is 0 Å². The summed E-state index contributed by atoms with van der Waals surface area (Å²) in [6.07, 6.45) is -0.561. The Bertz CT molecular complexity index is 513. The van der Waals surface area contributed by atoms with Crippen LogP contribution in [0.15, 0.2) is 41.8 Å². The van der Waals surface area contributed by atoms with Gasteiger partial charge in [-0.3, -0.25) is 4.90 Å². The number of rotatable bonds is 5. The maximum Gasteiger partial charge on any atom is 0.0936 e. The normalized spacial score (nSPS) is 14.5. The molecule has 2 atom stereocenters. The zero-order valence-electron chi connectivity index (χ0n) is 11.3. The van der Waals surface area contributed by atoms with Gasteiger partial charge in [-0.25, -0.2) is 0 Å². The van der Waals surface area contributed by atoms with Gasteiger partial charge in [-0.2, -0.15) is 0 Å². The molecule has 0 aliphatic heterocycles. The fraction of sp³-hybridized carbons (Fsp3) is 0.333. The van der Waals surface area contributed by atoms with Crippen molar-refractivity contribution < 1.29 is 5.11 Å². The van der Waals surface area contributed by atoms with E-state index in [1.807, 2.05) is 31.3 Å². The van der Waals surface area contributed by atoms with Crippen molar-refractivity contribution in [1.29, 1.82) is 0 Å². The molecule has 3 nitrogen and oxygen atoms in total. The second-order valence-electron chi connectivity index (χ2n) is 4.78. The lowest BCUT2D eigenvalue weighted by atomic mass is 10.1. The summed E-state index contributed by atoms with van der Waals surface area (Å²) in [5, 5.41) is 12.4. The zero-order chi connectivity index (χ0) is 13.8. The molecule has 0 bridgehead atoms. The second kappa shape index (κ2) is 6.19. The van der Waals surface area contributed by atoms with Crippen molar-refractivity contribution in [2.24, 2.45) is 0 Å². The van der Waals surface area contributed by atoms with E-state index in [9.17, 15) is 5.11 Å². The summed E-state index contributed by atoms with van der Waals surface area (Å²) >= 11 is 1.74. The smallest absolute Gasteiger partial charge is 0.0936 e. The average Bonchev–Trinajstić information content (AvgIpc) is 2.92. The quantitative estimate of drug-likeness (QED) is 0.825. The van der Waals surface area contributed by atoms with E-state index in [4.69, 9.17) is 5.73 Å². The van der Waals surface area contributed by atoms with Gasteiger partial charge < -0.3 is 10.8 Å². The highest BCUT2D eigenvalue weighted by Gasteiger charge is 2.18. The van der Waals surface area contributed by atoms with Crippen LogP contribution in [0.3, 0.4) is 0 Å². The summed E-state index contributed by atoms with van der Waals surface area (Å²) in [4.78, 5) is 3.44. The van der Waals surface area contributed by atoms with Gasteiger partial charge in [-0.1, -0.05) is 24.3 Å². The lowest BCUT2D eigenvalue weighted by molar-refractivity contribution is 0.110. The Morgan fingerprint density at radius 2 is 2.00 bits per heavy atom. The number of hydrogen-bond acceptors (Lipinski definition) is 4. The molecule has 0 aliphatic carbocycles. The fourth-order valence-electron chi connectivity index (χ4n) is 2.09. The van der Waals surface area contributed by atoms with Crippen molar-refractivity contribution in [3.63, 3.8) is 0 Å². The molecule has 0 radical (unpaired) electrons. The summed E-state index contributed by atoms with van der Waals surface area (Å²) in [7, 11) is 2.02. The maximum absolute atomic E-state index is 10.3. The molecule has 1 aromatic carbocycles. The van der Waals surface area contributed by atoms with Crippen LogP contribution in [-0.4, -0.2) is 23.6 Å². The number of hydrogen-bond donors (Lipinski definition) is 2. The van der Waals surface area contributed by atoms with Gasteiger partial charge >= 0.3 is 0 Å². The topological polar surface area (TPSA) is 49.5 Å². The molecule has 2 unspecified atom stereocenters. The molecule has 1 aromatic heterocycles. The summed E-state index contributed by atoms with van der Waals surface area (Å²) in [5.41, 5.74) is 7.34. The van der Waals surface area contributed by atoms with Gasteiger partial charge in [0, 0.05) is 28.7 Å². The molecular formula is C15H20N2OS. The first-order chi connectivity index (χ1) is 9.09. The van der Waals surface area contributed by atoms with E-state index in [1.54, 1.807) is 11.3 Å². The highest BCUT2D eigenvalue weighted by molar-refractivity contribution is 7.10. The van der Waals surface area contributed by atoms with Crippen LogP contribution in [0.4, 0.5) is 5.69 Å². The zero-order valence-corrected chi connectivity index (χ0v) is 12.1. The van der Waals surface area contributed by atoms with Crippen LogP contribution in [0.1, 0.15) is 29.5 Å². The molecule has 0 saturated heterocycles. The summed E-state index contributed by atoms with van der Waals surface area (Å²) < 4.78 is 0. The molecule has 102 valence electrons. The van der Waals surface area contributed by atoms with Gasteiger partial charge in [0.25, 0.3) is 0 Å². The molecule has 0 aliphatic rings. The van der Waals surface area contributed by atoms with Crippen molar-refractivity contribution in [2.75, 3.05) is 19.3 Å². The Kier molecular flexibility index (Phi) is 4.58. The molecule has 4 heteroatoms. The number of benzene rings is 1. The van der Waals surface area contributed by atoms with Crippen molar-refractivity contribution in [3.8, 4) is 0 Å². The van der Waals surface area contributed by atoms with E-state index in [0.29, 0.717) is 18.3 Å². The third-order valence-corrected chi connectivity index (χ3v) is 4.47. The molecule has 0 fully saturated rings. The predicted molar refractivity (Wildman–Crippen MR) is 81.2 cm³/mol. The third kappa shape index (κ3) is 3.35. The molecule has 2 aromatic rings. The minimum atomic E-state index is -0.561. The number of para-hydroxylation sites is 1. The first-order valence-electron chi connectivity index (χ1n) is 6.35. The van der Waals surface area contributed by atoms with Crippen LogP contribution in [0, 0.1) is 0 Å². The van der Waals surface area contributed by atoms with Gasteiger partial charge in [-0.15, -0.1) is 11.3 Å². The number of likely N-dealkylation sites (N-methyl/N-ethyl adjacent to an activating group) is 1. The number of nitrogens with zero attached hydrogens (tertiary/aromatic N) is 1. The summed E-state index contributed by atoms with van der Waals surface area (Å²) in [6, 6.07) is 11.9. The van der Waals surface area contributed by atoms with Gasteiger partial charge in [0.05, 0.1) is 6.10 Å². The molecule has 3 N–H and O–H groups in total. The van der Waals surface area contributed by atoms with Crippen LogP contribution < -0.4 is 5.73 Å². The van der Waals surface area contributed by atoms with Gasteiger partial charge in [0.15, 0.2) is 0 Å². The average molecular weight is 276 g/mol. The fourth-order valence-corrected chi connectivity index (χ4v) is 2.94. The standard InChI is InChI=1S/C15H20N2OS/c1-11(15-8-5-9-19-15)17(2)10-14(18)12-6-3-4-7-13(12)16/h3-9,11,14,18H,10,16H2,1-2H3. The number of anilines is 1. The van der Waals surface area contributed by atoms with Crippen LogP contribution in [0.2, 0.25) is 0 Å². The molecule has 0 saturated carbocycles. The van der Waals surface area contributed by atoms with E-state index in [2.05, 4.69) is 29.3 Å². The van der Waals surface area contributed by atoms with E-state index < -0.39 is 6.10 Å². The van der Waals surface area contributed by atoms with Gasteiger partial charge in [0.2, 0.25) is 0 Å². The van der Waals surface area contributed by atoms with Crippen LogP contribution >= 0.6 is 11.3 Å². The lowest BCUT2D eigenvalue weighted by Crippen LogP contribution is -2.27. The first-order valence-corrected chi connectivity index (χ1v) is 7.23. The highest BCUT2D eigenvalue weighted by atomic mass is 32.1. The highest BCUT2D eigenvalue weighted by Crippen LogP contribution is 2.26. The Hall–Kier alpha value is -1.36. The van der Waals surface area contributed by atoms with Crippen molar-refractivity contribution in [2.45, 2.75) is 19.1 Å². The van der Waals surface area contributed by atoms with Crippen molar-refractivity contribution in [1.82, 2.24) is 4.90 Å². The van der Waals surface area contributed by atoms with Crippen LogP contribution in [0.5, 0.6) is 0 Å². The van der Waals surface area contributed by atoms with E-state index >= 15 is 0 Å². The molecule has 0 spiro atoms. The maximum atomic E-state index is 10.3. The summed E-state index contributed by atoms with van der Waals surface area (Å²) in [5.74, 6) is 0.